The molecule has 1 rings (SSSR count). The van der Waals surface area contributed by atoms with Gasteiger partial charge in [-0.05, 0) is 26.0 Å². The zero-order valence-electron chi connectivity index (χ0n) is 13.2. The van der Waals surface area contributed by atoms with Crippen LogP contribution in [0, 0.1) is 0 Å². The lowest BCUT2D eigenvalue weighted by Crippen LogP contribution is -2.48. The van der Waals surface area contributed by atoms with E-state index in [0.717, 1.165) is 6.07 Å². The molecule has 2 amide bonds. The minimum absolute atomic E-state index is 0.111. The molecule has 5 nitrogen and oxygen atoms in total. The van der Waals surface area contributed by atoms with Crippen molar-refractivity contribution in [2.75, 3.05) is 20.3 Å². The number of nitrogens with one attached hydrogen (secondary N) is 1. The van der Waals surface area contributed by atoms with E-state index in [1.165, 1.54) is 30.1 Å². The summed E-state index contributed by atoms with van der Waals surface area (Å²) < 4.78 is 43.7. The molecule has 23 heavy (non-hydrogen) atoms. The average Bonchev–Trinajstić information content (AvgIpc) is 2.50. The van der Waals surface area contributed by atoms with Crippen molar-refractivity contribution in [1.29, 1.82) is 0 Å². The molecule has 1 aromatic rings. The molecule has 8 heteroatoms. The number of urea groups is 1. The number of alkyl halides is 3. The second-order valence-electron chi connectivity index (χ2n) is 5.30. The molecule has 0 spiro atoms. The van der Waals surface area contributed by atoms with Crippen molar-refractivity contribution >= 4 is 6.03 Å². The Morgan fingerprint density at radius 2 is 1.96 bits per heavy atom. The van der Waals surface area contributed by atoms with Crippen LogP contribution >= 0.6 is 0 Å². The summed E-state index contributed by atoms with van der Waals surface area (Å²) in [6, 6.07) is 3.60. The lowest BCUT2D eigenvalue weighted by atomic mass is 10.2. The van der Waals surface area contributed by atoms with Crippen LogP contribution in [0.25, 0.3) is 0 Å². The van der Waals surface area contributed by atoms with Gasteiger partial charge < -0.3 is 20.1 Å². The molecule has 0 bridgehead atoms. The topological polar surface area (TPSA) is 61.8 Å². The van der Waals surface area contributed by atoms with Gasteiger partial charge in [0.05, 0.1) is 24.3 Å². The van der Waals surface area contributed by atoms with E-state index in [2.05, 4.69) is 5.32 Å². The number of aliphatic hydroxyl groups is 1. The molecular formula is C15H21F3N2O3. The third kappa shape index (κ3) is 5.63. The molecule has 0 saturated carbocycles. The minimum atomic E-state index is -4.50. The number of ether oxygens (including phenoxy) is 1. The Morgan fingerprint density at radius 3 is 2.52 bits per heavy atom. The highest BCUT2D eigenvalue weighted by atomic mass is 19.4. The predicted molar refractivity (Wildman–Crippen MR) is 79.2 cm³/mol. The van der Waals surface area contributed by atoms with E-state index in [4.69, 9.17) is 9.84 Å². The van der Waals surface area contributed by atoms with Crippen LogP contribution in [0.3, 0.4) is 0 Å². The summed E-state index contributed by atoms with van der Waals surface area (Å²) in [5.41, 5.74) is -0.857. The molecule has 2 unspecified atom stereocenters. The molecule has 130 valence electrons. The van der Waals surface area contributed by atoms with Gasteiger partial charge in [0.15, 0.2) is 0 Å². The smallest absolute Gasteiger partial charge is 0.419 e. The van der Waals surface area contributed by atoms with Crippen molar-refractivity contribution in [1.82, 2.24) is 10.2 Å². The van der Waals surface area contributed by atoms with Crippen molar-refractivity contribution in [2.24, 2.45) is 0 Å². The van der Waals surface area contributed by atoms with E-state index >= 15 is 0 Å². The van der Waals surface area contributed by atoms with E-state index in [1.54, 1.807) is 13.8 Å². The second-order valence-corrected chi connectivity index (χ2v) is 5.30. The SMILES string of the molecule is CC(COc1ccccc1C(F)(F)F)NC(=O)N(C)C(C)CO. The number of carbonyl (C=O) groups is 1. The second kappa shape index (κ2) is 8.05. The molecular weight excluding hydrogens is 313 g/mol. The highest BCUT2D eigenvalue weighted by molar-refractivity contribution is 5.74. The summed E-state index contributed by atoms with van der Waals surface area (Å²) in [4.78, 5) is 13.2. The number of hydrogen-bond acceptors (Lipinski definition) is 3. The van der Waals surface area contributed by atoms with Crippen LogP contribution in [-0.2, 0) is 6.18 Å². The lowest BCUT2D eigenvalue weighted by molar-refractivity contribution is -0.139. The molecule has 0 radical (unpaired) electrons. The van der Waals surface area contributed by atoms with Crippen molar-refractivity contribution < 1.29 is 27.8 Å². The van der Waals surface area contributed by atoms with Crippen molar-refractivity contribution in [3.63, 3.8) is 0 Å². The molecule has 0 fully saturated rings. The average molecular weight is 334 g/mol. The van der Waals surface area contributed by atoms with E-state index in [9.17, 15) is 18.0 Å². The van der Waals surface area contributed by atoms with Gasteiger partial charge in [-0.3, -0.25) is 0 Å². The highest BCUT2D eigenvalue weighted by Crippen LogP contribution is 2.35. The number of likely N-dealkylation sites (N-methyl/N-ethyl adjacent to an activating group) is 1. The molecule has 0 aromatic heterocycles. The molecule has 2 atom stereocenters. The fraction of sp³-hybridized carbons (Fsp3) is 0.533. The summed E-state index contributed by atoms with van der Waals surface area (Å²) in [6.45, 7) is 2.99. The Bertz CT molecular complexity index is 523. The number of halogens is 3. The lowest BCUT2D eigenvalue weighted by Gasteiger charge is -2.25. The molecule has 2 N–H and O–H groups in total. The largest absolute Gasteiger partial charge is 0.491 e. The number of hydrogen-bond donors (Lipinski definition) is 2. The fourth-order valence-corrected chi connectivity index (χ4v) is 1.72. The zero-order valence-corrected chi connectivity index (χ0v) is 13.2. The molecule has 1 aromatic carbocycles. The number of aliphatic hydroxyl groups excluding tert-OH is 1. The number of para-hydroxylation sites is 1. The number of nitrogens with zero attached hydrogens (tertiary/aromatic N) is 1. The van der Waals surface area contributed by atoms with Crippen LogP contribution in [0.5, 0.6) is 5.75 Å². The van der Waals surface area contributed by atoms with Gasteiger partial charge in [-0.25, -0.2) is 4.79 Å². The normalized spacial score (nSPS) is 14.0. The van der Waals surface area contributed by atoms with Crippen LogP contribution < -0.4 is 10.1 Å². The number of benzene rings is 1. The first-order valence-corrected chi connectivity index (χ1v) is 7.10. The van der Waals surface area contributed by atoms with Crippen molar-refractivity contribution in [3.05, 3.63) is 29.8 Å². The Balaban J connectivity index is 2.61. The van der Waals surface area contributed by atoms with Crippen molar-refractivity contribution in [3.8, 4) is 5.75 Å². The van der Waals surface area contributed by atoms with Gasteiger partial charge in [0.1, 0.15) is 12.4 Å². The number of amides is 2. The third-order valence-corrected chi connectivity index (χ3v) is 3.30. The summed E-state index contributed by atoms with van der Waals surface area (Å²) in [5.74, 6) is -0.279. The minimum Gasteiger partial charge on any atom is -0.491 e. The first-order valence-electron chi connectivity index (χ1n) is 7.10. The van der Waals surface area contributed by atoms with E-state index in [1.807, 2.05) is 0 Å². The van der Waals surface area contributed by atoms with Gasteiger partial charge in [-0.15, -0.1) is 0 Å². The van der Waals surface area contributed by atoms with E-state index in [0.29, 0.717) is 0 Å². The maximum absolute atomic E-state index is 12.8. The Morgan fingerprint density at radius 1 is 1.35 bits per heavy atom. The molecule has 0 heterocycles. The summed E-state index contributed by atoms with van der Waals surface area (Å²) >= 11 is 0. The summed E-state index contributed by atoms with van der Waals surface area (Å²) in [7, 11) is 1.52. The van der Waals surface area contributed by atoms with Crippen molar-refractivity contribution in [2.45, 2.75) is 32.1 Å². The Hall–Kier alpha value is -1.96. The Labute approximate surface area is 133 Å². The first kappa shape index (κ1) is 19.1. The van der Waals surface area contributed by atoms with Gasteiger partial charge in [0.2, 0.25) is 0 Å². The first-order chi connectivity index (χ1) is 10.7. The van der Waals surface area contributed by atoms with Gasteiger partial charge >= 0.3 is 12.2 Å². The van der Waals surface area contributed by atoms with Gasteiger partial charge in [0.25, 0.3) is 0 Å². The van der Waals surface area contributed by atoms with Gasteiger partial charge in [-0.2, -0.15) is 13.2 Å². The molecule has 0 aliphatic heterocycles. The number of carbonyl (C=O) groups excluding carboxylic acids is 1. The summed E-state index contributed by atoms with van der Waals surface area (Å²) in [5, 5.41) is 11.6. The predicted octanol–water partition coefficient (Wildman–Crippen LogP) is 2.49. The molecule has 0 aliphatic rings. The third-order valence-electron chi connectivity index (χ3n) is 3.30. The zero-order chi connectivity index (χ0) is 17.6. The monoisotopic (exact) mass is 334 g/mol. The standard InChI is InChI=1S/C15H21F3N2O3/c1-10(19-14(22)20(3)11(2)8-21)9-23-13-7-5-4-6-12(13)15(16,17)18/h4-7,10-11,21H,8-9H2,1-3H3,(H,19,22). The summed E-state index contributed by atoms with van der Waals surface area (Å²) in [6.07, 6.45) is -4.50. The number of rotatable bonds is 6. The van der Waals surface area contributed by atoms with Crippen LogP contribution in [0.4, 0.5) is 18.0 Å². The van der Waals surface area contributed by atoms with Crippen LogP contribution in [0.1, 0.15) is 19.4 Å². The quantitative estimate of drug-likeness (QED) is 0.840. The Kier molecular flexibility index (Phi) is 6.68. The highest BCUT2D eigenvalue weighted by Gasteiger charge is 2.34. The maximum atomic E-state index is 12.8. The maximum Gasteiger partial charge on any atom is 0.419 e. The van der Waals surface area contributed by atoms with E-state index < -0.39 is 23.8 Å². The molecule has 0 aliphatic carbocycles. The fourth-order valence-electron chi connectivity index (χ4n) is 1.72. The molecule has 0 saturated heterocycles. The van der Waals surface area contributed by atoms with Gasteiger partial charge in [0, 0.05) is 7.05 Å². The van der Waals surface area contributed by atoms with Crippen LogP contribution in [-0.4, -0.2) is 48.4 Å². The van der Waals surface area contributed by atoms with Gasteiger partial charge in [-0.1, -0.05) is 12.1 Å². The van der Waals surface area contributed by atoms with Crippen LogP contribution in [0.15, 0.2) is 24.3 Å². The van der Waals surface area contributed by atoms with Crippen LogP contribution in [0.2, 0.25) is 0 Å². The van der Waals surface area contributed by atoms with E-state index in [-0.39, 0.29) is 25.0 Å².